The molecule has 2 rings (SSSR count). The van der Waals surface area contributed by atoms with Crippen LogP contribution in [0.15, 0.2) is 36.9 Å². The van der Waals surface area contributed by atoms with E-state index in [-0.39, 0.29) is 5.75 Å². The molecule has 0 spiro atoms. The fraction of sp³-hybridized carbons (Fsp3) is 0. The average molecular weight is 214 g/mol. The van der Waals surface area contributed by atoms with Gasteiger partial charge in [-0.3, -0.25) is 4.79 Å². The normalized spacial score (nSPS) is 10.0. The van der Waals surface area contributed by atoms with Crippen molar-refractivity contribution in [3.8, 4) is 5.75 Å². The monoisotopic (exact) mass is 214 g/mol. The Morgan fingerprint density at radius 1 is 1.38 bits per heavy atom. The van der Waals surface area contributed by atoms with Crippen LogP contribution in [-0.4, -0.2) is 16.5 Å². The number of phenols is 1. The molecule has 4 nitrogen and oxygen atoms in total. The van der Waals surface area contributed by atoms with Crippen molar-refractivity contribution >= 4 is 23.0 Å². The Bertz CT molecular complexity index is 564. The largest absolute Gasteiger partial charge is 0.506 e. The lowest BCUT2D eigenvalue weighted by atomic mass is 10.2. The number of carbonyl (C=O) groups is 1. The molecule has 0 fully saturated rings. The van der Waals surface area contributed by atoms with E-state index in [0.717, 1.165) is 5.39 Å². The maximum absolute atomic E-state index is 10.3. The summed E-state index contributed by atoms with van der Waals surface area (Å²) in [5.41, 5.74) is 1.43. The fourth-order valence-electron chi connectivity index (χ4n) is 1.44. The number of aromatic hydroxyl groups is 1. The predicted molar refractivity (Wildman–Crippen MR) is 61.6 cm³/mol. The summed E-state index contributed by atoms with van der Waals surface area (Å²) >= 11 is 0. The van der Waals surface area contributed by atoms with Gasteiger partial charge in [0.15, 0.2) is 0 Å². The second kappa shape index (κ2) is 4.02. The van der Waals surface area contributed by atoms with Gasteiger partial charge in [-0.05, 0) is 12.1 Å². The summed E-state index contributed by atoms with van der Waals surface area (Å²) in [6, 6.07) is 8.71. The Morgan fingerprint density at radius 3 is 2.94 bits per heavy atom. The Kier molecular flexibility index (Phi) is 2.55. The van der Waals surface area contributed by atoms with Crippen LogP contribution >= 0.6 is 0 Å². The van der Waals surface area contributed by atoms with E-state index < -0.39 is 0 Å². The molecule has 0 atom stereocenters. The molecule has 0 aliphatic rings. The molecule has 1 aromatic carbocycles. The van der Waals surface area contributed by atoms with Crippen molar-refractivity contribution in [1.82, 2.24) is 10.3 Å². The first-order valence-corrected chi connectivity index (χ1v) is 4.70. The SMILES string of the molecule is C=C(NC=O)c1ccc2cccc(O)c2n1. The van der Waals surface area contributed by atoms with E-state index in [1.54, 1.807) is 18.2 Å². The fourth-order valence-corrected chi connectivity index (χ4v) is 1.44. The summed E-state index contributed by atoms with van der Waals surface area (Å²) in [5.74, 6) is 0.109. The molecule has 80 valence electrons. The van der Waals surface area contributed by atoms with Crippen LogP contribution in [0.2, 0.25) is 0 Å². The maximum atomic E-state index is 10.3. The van der Waals surface area contributed by atoms with Gasteiger partial charge in [-0.25, -0.2) is 4.98 Å². The van der Waals surface area contributed by atoms with Gasteiger partial charge in [0.25, 0.3) is 0 Å². The van der Waals surface area contributed by atoms with Crippen molar-refractivity contribution in [1.29, 1.82) is 0 Å². The summed E-state index contributed by atoms with van der Waals surface area (Å²) in [6.07, 6.45) is 0.541. The van der Waals surface area contributed by atoms with Gasteiger partial charge in [0.1, 0.15) is 11.3 Å². The number of hydrogen-bond acceptors (Lipinski definition) is 3. The number of pyridine rings is 1. The van der Waals surface area contributed by atoms with E-state index in [2.05, 4.69) is 16.9 Å². The second-order valence-corrected chi connectivity index (χ2v) is 3.29. The molecule has 1 heterocycles. The van der Waals surface area contributed by atoms with E-state index in [0.29, 0.717) is 23.3 Å². The van der Waals surface area contributed by atoms with Crippen molar-refractivity contribution in [2.45, 2.75) is 0 Å². The number of fused-ring (bicyclic) bond motifs is 1. The molecule has 2 aromatic rings. The summed E-state index contributed by atoms with van der Waals surface area (Å²) in [7, 11) is 0. The molecule has 2 N–H and O–H groups in total. The summed E-state index contributed by atoms with van der Waals surface area (Å²) < 4.78 is 0. The number of para-hydroxylation sites is 1. The van der Waals surface area contributed by atoms with Gasteiger partial charge < -0.3 is 10.4 Å². The van der Waals surface area contributed by atoms with E-state index in [1.807, 2.05) is 12.1 Å². The number of hydrogen-bond donors (Lipinski definition) is 2. The zero-order valence-electron chi connectivity index (χ0n) is 8.47. The molecule has 0 unspecified atom stereocenters. The van der Waals surface area contributed by atoms with Crippen molar-refractivity contribution < 1.29 is 9.90 Å². The van der Waals surface area contributed by atoms with Gasteiger partial charge in [-0.2, -0.15) is 0 Å². The lowest BCUT2D eigenvalue weighted by molar-refractivity contribution is -0.108. The van der Waals surface area contributed by atoms with Crippen LogP contribution in [0.5, 0.6) is 5.75 Å². The number of rotatable bonds is 3. The van der Waals surface area contributed by atoms with Gasteiger partial charge in [0.2, 0.25) is 6.41 Å². The van der Waals surface area contributed by atoms with Crippen LogP contribution in [0, 0.1) is 0 Å². The Labute approximate surface area is 92.2 Å². The number of amides is 1. The molecular weight excluding hydrogens is 204 g/mol. The predicted octanol–water partition coefficient (Wildman–Crippen LogP) is 1.66. The third kappa shape index (κ3) is 1.72. The van der Waals surface area contributed by atoms with E-state index >= 15 is 0 Å². The second-order valence-electron chi connectivity index (χ2n) is 3.29. The molecule has 16 heavy (non-hydrogen) atoms. The van der Waals surface area contributed by atoms with E-state index in [9.17, 15) is 9.90 Å². The minimum Gasteiger partial charge on any atom is -0.506 e. The summed E-state index contributed by atoms with van der Waals surface area (Å²) in [5, 5.41) is 12.9. The number of nitrogens with one attached hydrogen (secondary N) is 1. The number of aromatic nitrogens is 1. The molecule has 1 amide bonds. The highest BCUT2D eigenvalue weighted by Crippen LogP contribution is 2.23. The standard InChI is InChI=1S/C12H10N2O2/c1-8(13-7-15)10-6-5-9-3-2-4-11(16)12(9)14-10/h2-7,16H,1H2,(H,13,15). The first-order valence-electron chi connectivity index (χ1n) is 4.70. The average Bonchev–Trinajstić information content (AvgIpc) is 2.29. The van der Waals surface area contributed by atoms with Crippen molar-refractivity contribution in [2.24, 2.45) is 0 Å². The highest BCUT2D eigenvalue weighted by Gasteiger charge is 2.04. The van der Waals surface area contributed by atoms with Crippen LogP contribution in [0.25, 0.3) is 16.6 Å². The highest BCUT2D eigenvalue weighted by molar-refractivity contribution is 5.86. The first-order chi connectivity index (χ1) is 7.72. The molecule has 1 aromatic heterocycles. The molecule has 0 bridgehead atoms. The van der Waals surface area contributed by atoms with Gasteiger partial charge >= 0.3 is 0 Å². The van der Waals surface area contributed by atoms with Crippen molar-refractivity contribution in [3.63, 3.8) is 0 Å². The third-order valence-corrected chi connectivity index (χ3v) is 2.24. The van der Waals surface area contributed by atoms with Crippen LogP contribution in [0.1, 0.15) is 5.69 Å². The molecule has 0 aliphatic heterocycles. The smallest absolute Gasteiger partial charge is 0.211 e. The van der Waals surface area contributed by atoms with Crippen LogP contribution in [0.4, 0.5) is 0 Å². The number of phenolic OH excluding ortho intramolecular Hbond substituents is 1. The van der Waals surface area contributed by atoms with Crippen LogP contribution in [-0.2, 0) is 4.79 Å². The van der Waals surface area contributed by atoms with Crippen molar-refractivity contribution in [2.75, 3.05) is 0 Å². The van der Waals surface area contributed by atoms with Gasteiger partial charge in [0, 0.05) is 5.39 Å². The number of benzene rings is 1. The van der Waals surface area contributed by atoms with Gasteiger partial charge in [0.05, 0.1) is 11.4 Å². The summed E-state index contributed by atoms with van der Waals surface area (Å²) in [6.45, 7) is 3.66. The molecule has 0 radical (unpaired) electrons. The Balaban J connectivity index is 2.55. The van der Waals surface area contributed by atoms with E-state index in [4.69, 9.17) is 0 Å². The first kappa shape index (κ1) is 10.2. The van der Waals surface area contributed by atoms with Gasteiger partial charge in [-0.15, -0.1) is 0 Å². The molecule has 0 aliphatic carbocycles. The zero-order chi connectivity index (χ0) is 11.5. The Morgan fingerprint density at radius 2 is 2.19 bits per heavy atom. The van der Waals surface area contributed by atoms with Crippen LogP contribution in [0.3, 0.4) is 0 Å². The quantitative estimate of drug-likeness (QED) is 0.764. The molecule has 0 saturated heterocycles. The maximum Gasteiger partial charge on any atom is 0.211 e. The molecule has 4 heteroatoms. The highest BCUT2D eigenvalue weighted by atomic mass is 16.3. The van der Waals surface area contributed by atoms with Crippen LogP contribution < -0.4 is 5.32 Å². The number of nitrogens with zero attached hydrogens (tertiary/aromatic N) is 1. The molecule has 0 saturated carbocycles. The lowest BCUT2D eigenvalue weighted by Gasteiger charge is -2.05. The topological polar surface area (TPSA) is 62.2 Å². The van der Waals surface area contributed by atoms with E-state index in [1.165, 1.54) is 0 Å². The van der Waals surface area contributed by atoms with Gasteiger partial charge in [-0.1, -0.05) is 24.8 Å². The Hall–Kier alpha value is -2.36. The minimum atomic E-state index is 0.109. The third-order valence-electron chi connectivity index (χ3n) is 2.24. The summed E-state index contributed by atoms with van der Waals surface area (Å²) in [4.78, 5) is 14.5. The van der Waals surface area contributed by atoms with Crippen molar-refractivity contribution in [3.05, 3.63) is 42.6 Å². The minimum absolute atomic E-state index is 0.109. The zero-order valence-corrected chi connectivity index (χ0v) is 8.47. The lowest BCUT2D eigenvalue weighted by Crippen LogP contribution is -2.08. The molecular formula is C12H10N2O2. The number of carbonyl (C=O) groups excluding carboxylic acids is 1.